The molecule has 0 saturated heterocycles. The van der Waals surface area contributed by atoms with Gasteiger partial charge in [-0.15, -0.1) is 0 Å². The molecule has 0 aromatic rings. The summed E-state index contributed by atoms with van der Waals surface area (Å²) >= 11 is 5.32. The molecule has 0 spiro atoms. The molecule has 2 aliphatic rings. The molecule has 0 N–H and O–H groups in total. The normalized spacial score (nSPS) is 41.0. The van der Waals surface area contributed by atoms with E-state index in [-0.39, 0.29) is 5.78 Å². The molecule has 0 amide bonds. The largest absolute Gasteiger partial charge is 0.295 e. The number of halogens is 1. The molecule has 2 heteroatoms. The maximum Gasteiger partial charge on any atom is 0.159 e. The Labute approximate surface area is 71.4 Å². The summed E-state index contributed by atoms with van der Waals surface area (Å²) in [6.45, 7) is 0. The van der Waals surface area contributed by atoms with Crippen LogP contribution in [0.25, 0.3) is 0 Å². The topological polar surface area (TPSA) is 17.1 Å². The van der Waals surface area contributed by atoms with Crippen LogP contribution in [0.3, 0.4) is 0 Å². The molecule has 2 rings (SSSR count). The van der Waals surface area contributed by atoms with E-state index in [0.717, 1.165) is 24.7 Å². The highest BCUT2D eigenvalue weighted by atomic mass is 35.5. The molecule has 2 saturated carbocycles. The molecule has 0 heterocycles. The summed E-state index contributed by atoms with van der Waals surface area (Å²) in [6, 6.07) is 0. The molecule has 0 aromatic carbocycles. The van der Waals surface area contributed by atoms with Gasteiger partial charge in [0.05, 0.1) is 0 Å². The third-order valence-electron chi connectivity index (χ3n) is 2.87. The van der Waals surface area contributed by atoms with Crippen LogP contribution in [0.5, 0.6) is 0 Å². The van der Waals surface area contributed by atoms with Gasteiger partial charge in [0, 0.05) is 11.5 Å². The number of hydrogen-bond acceptors (Lipinski definition) is 1. The fourth-order valence-electron chi connectivity index (χ4n) is 2.15. The minimum absolute atomic E-state index is 0.229. The molecule has 0 radical (unpaired) electrons. The highest BCUT2D eigenvalue weighted by Gasteiger charge is 2.47. The predicted octanol–water partition coefficient (Wildman–Crippen LogP) is 2.35. The van der Waals surface area contributed by atoms with Crippen molar-refractivity contribution in [1.29, 1.82) is 0 Å². The second kappa shape index (κ2) is 2.63. The van der Waals surface area contributed by atoms with Crippen molar-refractivity contribution in [2.75, 3.05) is 0 Å². The van der Waals surface area contributed by atoms with E-state index in [0.29, 0.717) is 5.92 Å². The Kier molecular flexibility index (Phi) is 1.76. The average molecular weight is 171 g/mol. The first-order valence-corrected chi connectivity index (χ1v) is 4.55. The predicted molar refractivity (Wildman–Crippen MR) is 44.3 cm³/mol. The number of rotatable bonds is 2. The third kappa shape index (κ3) is 1.34. The quantitative estimate of drug-likeness (QED) is 0.582. The number of carbonyl (C=O) groups excluding carboxylic acids is 1. The molecule has 2 atom stereocenters. The first-order valence-electron chi connectivity index (χ1n) is 4.12. The van der Waals surface area contributed by atoms with Crippen molar-refractivity contribution in [2.45, 2.75) is 19.3 Å². The Morgan fingerprint density at radius 2 is 1.91 bits per heavy atom. The molecule has 0 aromatic heterocycles. The van der Waals surface area contributed by atoms with Gasteiger partial charge < -0.3 is 0 Å². The standard InChI is InChI=1S/C9H11ClO/c10-2-1-9(11)8-4-6-3-7(6)5-8/h1-2,6-8H,3-5H2/b2-1+. The Hall–Kier alpha value is -0.300. The summed E-state index contributed by atoms with van der Waals surface area (Å²) in [7, 11) is 0. The Morgan fingerprint density at radius 1 is 1.27 bits per heavy atom. The van der Waals surface area contributed by atoms with Gasteiger partial charge in [-0.3, -0.25) is 4.79 Å². The number of ketones is 1. The number of fused-ring (bicyclic) bond motifs is 1. The van der Waals surface area contributed by atoms with Gasteiger partial charge in [0.1, 0.15) is 0 Å². The number of hydrogen-bond donors (Lipinski definition) is 0. The van der Waals surface area contributed by atoms with Crippen LogP contribution in [0, 0.1) is 17.8 Å². The van der Waals surface area contributed by atoms with Crippen LogP contribution in [0.4, 0.5) is 0 Å². The lowest BCUT2D eigenvalue weighted by molar-refractivity contribution is -0.118. The van der Waals surface area contributed by atoms with Crippen molar-refractivity contribution in [3.05, 3.63) is 11.6 Å². The highest BCUT2D eigenvalue weighted by molar-refractivity contribution is 6.26. The van der Waals surface area contributed by atoms with E-state index in [2.05, 4.69) is 0 Å². The third-order valence-corrected chi connectivity index (χ3v) is 3.00. The lowest BCUT2D eigenvalue weighted by Gasteiger charge is -2.05. The molecule has 60 valence electrons. The van der Waals surface area contributed by atoms with Crippen LogP contribution >= 0.6 is 11.6 Å². The molecule has 2 fully saturated rings. The van der Waals surface area contributed by atoms with Gasteiger partial charge in [-0.25, -0.2) is 0 Å². The number of allylic oxidation sites excluding steroid dienone is 1. The van der Waals surface area contributed by atoms with Crippen LogP contribution in [0.2, 0.25) is 0 Å². The Balaban J connectivity index is 1.91. The molecular formula is C9H11ClO. The zero-order valence-electron chi connectivity index (χ0n) is 6.29. The van der Waals surface area contributed by atoms with E-state index in [4.69, 9.17) is 11.6 Å². The summed E-state index contributed by atoms with van der Waals surface area (Å²) in [6.07, 6.45) is 5.10. The fourth-order valence-corrected chi connectivity index (χ4v) is 2.27. The zero-order valence-corrected chi connectivity index (χ0v) is 7.05. The summed E-state index contributed by atoms with van der Waals surface area (Å²) in [5.74, 6) is 2.29. The monoisotopic (exact) mass is 170 g/mol. The molecule has 2 aliphatic carbocycles. The van der Waals surface area contributed by atoms with E-state index >= 15 is 0 Å². The van der Waals surface area contributed by atoms with Crippen molar-refractivity contribution in [1.82, 2.24) is 0 Å². The smallest absolute Gasteiger partial charge is 0.159 e. The maximum atomic E-state index is 11.2. The fraction of sp³-hybridized carbons (Fsp3) is 0.667. The van der Waals surface area contributed by atoms with Gasteiger partial charge in [0.2, 0.25) is 0 Å². The molecule has 0 aliphatic heterocycles. The molecule has 11 heavy (non-hydrogen) atoms. The van der Waals surface area contributed by atoms with Crippen molar-refractivity contribution >= 4 is 17.4 Å². The van der Waals surface area contributed by atoms with Crippen LogP contribution in [-0.2, 0) is 4.79 Å². The SMILES string of the molecule is O=C(/C=C/Cl)C1CC2CC2C1. The van der Waals surface area contributed by atoms with E-state index in [9.17, 15) is 4.79 Å². The van der Waals surface area contributed by atoms with Gasteiger partial charge in [0.15, 0.2) is 5.78 Å². The van der Waals surface area contributed by atoms with Crippen LogP contribution < -0.4 is 0 Å². The lowest BCUT2D eigenvalue weighted by Crippen LogP contribution is -2.09. The molecule has 0 bridgehead atoms. The van der Waals surface area contributed by atoms with E-state index in [1.54, 1.807) is 0 Å². The van der Waals surface area contributed by atoms with E-state index < -0.39 is 0 Å². The zero-order chi connectivity index (χ0) is 7.84. The first-order chi connectivity index (χ1) is 5.31. The summed E-state index contributed by atoms with van der Waals surface area (Å²) < 4.78 is 0. The van der Waals surface area contributed by atoms with E-state index in [1.807, 2.05) is 0 Å². The van der Waals surface area contributed by atoms with Gasteiger partial charge in [0.25, 0.3) is 0 Å². The van der Waals surface area contributed by atoms with Crippen molar-refractivity contribution in [2.24, 2.45) is 17.8 Å². The Morgan fingerprint density at radius 3 is 2.45 bits per heavy atom. The summed E-state index contributed by atoms with van der Waals surface area (Å²) in [5.41, 5.74) is 1.33. The van der Waals surface area contributed by atoms with Crippen molar-refractivity contribution in [3.63, 3.8) is 0 Å². The molecular weight excluding hydrogens is 160 g/mol. The minimum atomic E-state index is 0.229. The van der Waals surface area contributed by atoms with Crippen LogP contribution in [0.1, 0.15) is 19.3 Å². The minimum Gasteiger partial charge on any atom is -0.295 e. The van der Waals surface area contributed by atoms with Gasteiger partial charge in [-0.2, -0.15) is 0 Å². The van der Waals surface area contributed by atoms with Gasteiger partial charge in [-0.05, 0) is 37.2 Å². The maximum absolute atomic E-state index is 11.2. The second-order valence-electron chi connectivity index (χ2n) is 3.62. The van der Waals surface area contributed by atoms with Crippen molar-refractivity contribution < 1.29 is 4.79 Å². The van der Waals surface area contributed by atoms with Crippen LogP contribution in [-0.4, -0.2) is 5.78 Å². The first kappa shape index (κ1) is 7.35. The Bertz CT molecular complexity index is 200. The van der Waals surface area contributed by atoms with Crippen molar-refractivity contribution in [3.8, 4) is 0 Å². The highest BCUT2D eigenvalue weighted by Crippen LogP contribution is 2.54. The lowest BCUT2D eigenvalue weighted by atomic mass is 9.99. The van der Waals surface area contributed by atoms with E-state index in [1.165, 1.54) is 18.0 Å². The molecule has 1 nitrogen and oxygen atoms in total. The van der Waals surface area contributed by atoms with Gasteiger partial charge in [-0.1, -0.05) is 11.6 Å². The summed E-state index contributed by atoms with van der Waals surface area (Å²) in [5, 5.41) is 0. The average Bonchev–Trinajstić information content (AvgIpc) is 2.59. The molecule has 2 unspecified atom stereocenters. The second-order valence-corrected chi connectivity index (χ2v) is 3.87. The summed E-state index contributed by atoms with van der Waals surface area (Å²) in [4.78, 5) is 11.2. The number of carbonyl (C=O) groups is 1. The van der Waals surface area contributed by atoms with Crippen LogP contribution in [0.15, 0.2) is 11.6 Å². The van der Waals surface area contributed by atoms with Gasteiger partial charge >= 0.3 is 0 Å².